The minimum atomic E-state index is -0.335. The average molecular weight is 365 g/mol. The van der Waals surface area contributed by atoms with Gasteiger partial charge in [-0.3, -0.25) is 0 Å². The van der Waals surface area contributed by atoms with Gasteiger partial charge in [0.05, 0.1) is 18.2 Å². The minimum Gasteiger partial charge on any atom is -0.495 e. The van der Waals surface area contributed by atoms with Crippen LogP contribution in [0.2, 0.25) is 0 Å². The van der Waals surface area contributed by atoms with E-state index >= 15 is 0 Å². The third-order valence-electron chi connectivity index (χ3n) is 2.81. The van der Waals surface area contributed by atoms with Crippen molar-refractivity contribution < 1.29 is 14.3 Å². The Morgan fingerprint density at radius 2 is 1.86 bits per heavy atom. The molecule has 116 valence electrons. The second kappa shape index (κ2) is 7.70. The van der Waals surface area contributed by atoms with Crippen LogP contribution in [0.15, 0.2) is 46.9 Å². The largest absolute Gasteiger partial charge is 0.495 e. The van der Waals surface area contributed by atoms with Crippen LogP contribution in [0, 0.1) is 0 Å². The molecule has 0 spiro atoms. The average Bonchev–Trinajstić information content (AvgIpc) is 2.50. The molecule has 22 heavy (non-hydrogen) atoms. The van der Waals surface area contributed by atoms with Crippen LogP contribution in [0.4, 0.5) is 16.2 Å². The molecule has 5 nitrogen and oxygen atoms in total. The highest BCUT2D eigenvalue weighted by Gasteiger charge is 2.06. The van der Waals surface area contributed by atoms with Crippen molar-refractivity contribution >= 4 is 33.3 Å². The molecule has 2 aromatic carbocycles. The van der Waals surface area contributed by atoms with Crippen molar-refractivity contribution in [3.8, 4) is 11.5 Å². The fraction of sp³-hybridized carbons (Fsp3) is 0.188. The van der Waals surface area contributed by atoms with Gasteiger partial charge in [0, 0.05) is 23.5 Å². The summed E-state index contributed by atoms with van der Waals surface area (Å²) in [6.45, 7) is 2.49. The number of anilines is 2. The van der Waals surface area contributed by atoms with Gasteiger partial charge < -0.3 is 20.1 Å². The zero-order chi connectivity index (χ0) is 15.9. The maximum Gasteiger partial charge on any atom is 0.323 e. The monoisotopic (exact) mass is 364 g/mol. The summed E-state index contributed by atoms with van der Waals surface area (Å²) in [5.74, 6) is 1.36. The van der Waals surface area contributed by atoms with Crippen LogP contribution >= 0.6 is 15.9 Å². The lowest BCUT2D eigenvalue weighted by Gasteiger charge is -2.11. The smallest absolute Gasteiger partial charge is 0.323 e. The van der Waals surface area contributed by atoms with Crippen LogP contribution < -0.4 is 20.1 Å². The first-order chi connectivity index (χ1) is 10.6. The van der Waals surface area contributed by atoms with Crippen molar-refractivity contribution in [3.63, 3.8) is 0 Å². The molecule has 2 amide bonds. The van der Waals surface area contributed by atoms with Crippen LogP contribution in [0.1, 0.15) is 6.92 Å². The van der Waals surface area contributed by atoms with E-state index < -0.39 is 0 Å². The second-order valence-corrected chi connectivity index (χ2v) is 5.24. The first-order valence-electron chi connectivity index (χ1n) is 6.76. The molecular weight excluding hydrogens is 348 g/mol. The van der Waals surface area contributed by atoms with Gasteiger partial charge >= 0.3 is 6.03 Å². The number of urea groups is 1. The molecule has 0 saturated carbocycles. The normalized spacial score (nSPS) is 9.95. The van der Waals surface area contributed by atoms with E-state index in [0.717, 1.165) is 4.47 Å². The van der Waals surface area contributed by atoms with E-state index in [-0.39, 0.29) is 6.03 Å². The summed E-state index contributed by atoms with van der Waals surface area (Å²) in [6.07, 6.45) is 0. The molecule has 6 heteroatoms. The van der Waals surface area contributed by atoms with Crippen molar-refractivity contribution in [3.05, 3.63) is 46.9 Å². The Morgan fingerprint density at radius 3 is 2.55 bits per heavy atom. The Kier molecular flexibility index (Phi) is 5.66. The van der Waals surface area contributed by atoms with E-state index in [2.05, 4.69) is 26.6 Å². The molecule has 2 rings (SSSR count). The lowest BCUT2D eigenvalue weighted by molar-refractivity contribution is 0.262. The molecule has 0 fully saturated rings. The number of rotatable bonds is 5. The summed E-state index contributed by atoms with van der Waals surface area (Å²) in [5.41, 5.74) is 1.30. The zero-order valence-corrected chi connectivity index (χ0v) is 13.9. The number of benzene rings is 2. The van der Waals surface area contributed by atoms with E-state index in [9.17, 15) is 4.79 Å². The third kappa shape index (κ3) is 4.39. The number of hydrogen-bond acceptors (Lipinski definition) is 3. The predicted molar refractivity (Wildman–Crippen MR) is 90.9 cm³/mol. The van der Waals surface area contributed by atoms with Crippen molar-refractivity contribution in [2.75, 3.05) is 24.4 Å². The summed E-state index contributed by atoms with van der Waals surface area (Å²) in [6, 6.07) is 12.2. The van der Waals surface area contributed by atoms with Gasteiger partial charge in [0.2, 0.25) is 0 Å². The van der Waals surface area contributed by atoms with E-state index in [0.29, 0.717) is 29.5 Å². The zero-order valence-electron chi connectivity index (χ0n) is 12.4. The number of carbonyl (C=O) groups excluding carboxylic acids is 1. The maximum absolute atomic E-state index is 12.0. The Morgan fingerprint density at radius 1 is 1.14 bits per heavy atom. The second-order valence-electron chi connectivity index (χ2n) is 4.39. The molecule has 2 N–H and O–H groups in total. The van der Waals surface area contributed by atoms with Crippen molar-refractivity contribution in [1.82, 2.24) is 0 Å². The number of nitrogens with one attached hydrogen (secondary N) is 2. The number of amides is 2. The van der Waals surface area contributed by atoms with E-state index in [4.69, 9.17) is 9.47 Å². The minimum absolute atomic E-state index is 0.335. The number of carbonyl (C=O) groups is 1. The summed E-state index contributed by atoms with van der Waals surface area (Å²) < 4.78 is 11.4. The number of hydrogen-bond donors (Lipinski definition) is 2. The molecule has 0 aliphatic rings. The maximum atomic E-state index is 12.0. The van der Waals surface area contributed by atoms with Gasteiger partial charge in [0.1, 0.15) is 11.5 Å². The van der Waals surface area contributed by atoms with E-state index in [1.165, 1.54) is 0 Å². The van der Waals surface area contributed by atoms with Gasteiger partial charge in [-0.15, -0.1) is 0 Å². The quantitative estimate of drug-likeness (QED) is 0.820. The van der Waals surface area contributed by atoms with Crippen molar-refractivity contribution in [1.29, 1.82) is 0 Å². The molecule has 0 saturated heterocycles. The highest BCUT2D eigenvalue weighted by Crippen LogP contribution is 2.28. The van der Waals surface area contributed by atoms with Gasteiger partial charge in [-0.1, -0.05) is 6.07 Å². The lowest BCUT2D eigenvalue weighted by atomic mass is 10.3. The first kappa shape index (κ1) is 16.2. The summed E-state index contributed by atoms with van der Waals surface area (Å²) in [7, 11) is 1.57. The molecule has 0 bridgehead atoms. The number of halogens is 1. The van der Waals surface area contributed by atoms with Crippen LogP contribution in [0.5, 0.6) is 11.5 Å². The molecule has 0 radical (unpaired) electrons. The topological polar surface area (TPSA) is 59.6 Å². The van der Waals surface area contributed by atoms with Gasteiger partial charge in [0.15, 0.2) is 0 Å². The standard InChI is InChI=1S/C16H17BrN2O3/c1-3-22-13-6-4-5-11(9-13)18-16(20)19-12-7-8-14(17)15(10-12)21-2/h4-10H,3H2,1-2H3,(H2,18,19,20). The summed E-state index contributed by atoms with van der Waals surface area (Å²) in [4.78, 5) is 12.0. The highest BCUT2D eigenvalue weighted by molar-refractivity contribution is 9.10. The van der Waals surface area contributed by atoms with Crippen LogP contribution in [-0.4, -0.2) is 19.7 Å². The summed E-state index contributed by atoms with van der Waals surface area (Å²) >= 11 is 3.37. The Balaban J connectivity index is 2.02. The molecular formula is C16H17BrN2O3. The predicted octanol–water partition coefficient (Wildman–Crippen LogP) is 4.50. The molecule has 0 unspecified atom stereocenters. The van der Waals surface area contributed by atoms with Crippen molar-refractivity contribution in [2.45, 2.75) is 6.92 Å². The van der Waals surface area contributed by atoms with E-state index in [1.807, 2.05) is 25.1 Å². The number of methoxy groups -OCH3 is 1. The van der Waals surface area contributed by atoms with E-state index in [1.54, 1.807) is 31.4 Å². The molecule has 0 atom stereocenters. The van der Waals surface area contributed by atoms with Crippen LogP contribution in [0.3, 0.4) is 0 Å². The number of ether oxygens (including phenoxy) is 2. The Hall–Kier alpha value is -2.21. The van der Waals surface area contributed by atoms with Gasteiger partial charge in [-0.05, 0) is 47.1 Å². The van der Waals surface area contributed by atoms with Gasteiger partial charge in [-0.2, -0.15) is 0 Å². The summed E-state index contributed by atoms with van der Waals surface area (Å²) in [5, 5.41) is 5.51. The van der Waals surface area contributed by atoms with Crippen LogP contribution in [-0.2, 0) is 0 Å². The Labute approximate surface area is 137 Å². The molecule has 0 aromatic heterocycles. The molecule has 0 heterocycles. The SMILES string of the molecule is CCOc1cccc(NC(=O)Nc2ccc(Br)c(OC)c2)c1. The van der Waals surface area contributed by atoms with Gasteiger partial charge in [-0.25, -0.2) is 4.79 Å². The molecule has 2 aromatic rings. The fourth-order valence-electron chi connectivity index (χ4n) is 1.86. The van der Waals surface area contributed by atoms with Crippen molar-refractivity contribution in [2.24, 2.45) is 0 Å². The molecule has 0 aliphatic carbocycles. The Bertz CT molecular complexity index is 662. The van der Waals surface area contributed by atoms with Gasteiger partial charge in [0.25, 0.3) is 0 Å². The third-order valence-corrected chi connectivity index (χ3v) is 3.47. The van der Waals surface area contributed by atoms with Crippen LogP contribution in [0.25, 0.3) is 0 Å². The molecule has 0 aliphatic heterocycles. The fourth-order valence-corrected chi connectivity index (χ4v) is 2.27. The highest BCUT2D eigenvalue weighted by atomic mass is 79.9. The first-order valence-corrected chi connectivity index (χ1v) is 7.56. The lowest BCUT2D eigenvalue weighted by Crippen LogP contribution is -2.19.